The minimum atomic E-state index is -4.43. The van der Waals surface area contributed by atoms with Gasteiger partial charge in [-0.3, -0.25) is 9.36 Å². The van der Waals surface area contributed by atoms with Crippen LogP contribution in [-0.4, -0.2) is 63.8 Å². The SMILES string of the molecule is [2H]C(F)(F)c1cc2cnc(NC3CCN(S(=O)(=O)C([2H])([2H])[2H])CC3)nc2n([C@H]2CC[C@H](O)[C@@H]2C)c1=O. The number of nitrogens with zero attached hydrogens (tertiary/aromatic N) is 4. The number of nitrogens with one attached hydrogen (secondary N) is 1. The van der Waals surface area contributed by atoms with Gasteiger partial charge < -0.3 is 10.4 Å². The van der Waals surface area contributed by atoms with Crippen molar-refractivity contribution in [2.45, 2.75) is 57.2 Å². The number of fused-ring (bicyclic) bond motifs is 1. The molecule has 1 saturated heterocycles. The van der Waals surface area contributed by atoms with Crippen molar-refractivity contribution < 1.29 is 27.8 Å². The molecule has 1 aliphatic carbocycles. The van der Waals surface area contributed by atoms with Crippen LogP contribution in [0.4, 0.5) is 14.7 Å². The quantitative estimate of drug-likeness (QED) is 0.678. The summed E-state index contributed by atoms with van der Waals surface area (Å²) in [4.78, 5) is 21.6. The minimum absolute atomic E-state index is 0.0178. The lowest BCUT2D eigenvalue weighted by Gasteiger charge is -2.30. The molecule has 3 heterocycles. The summed E-state index contributed by atoms with van der Waals surface area (Å²) in [5.74, 6) is -0.319. The highest BCUT2D eigenvalue weighted by molar-refractivity contribution is 7.88. The Hall–Kier alpha value is -2.18. The lowest BCUT2D eigenvalue weighted by atomic mass is 10.0. The van der Waals surface area contributed by atoms with Crippen molar-refractivity contribution in [3.05, 3.63) is 28.2 Å². The summed E-state index contributed by atoms with van der Waals surface area (Å²) < 4.78 is 83.0. The van der Waals surface area contributed by atoms with Crippen LogP contribution in [0, 0.1) is 5.92 Å². The van der Waals surface area contributed by atoms with Crippen LogP contribution >= 0.6 is 0 Å². The van der Waals surface area contributed by atoms with E-state index in [-0.39, 0.29) is 49.0 Å². The van der Waals surface area contributed by atoms with Gasteiger partial charge in [0.2, 0.25) is 16.0 Å². The van der Waals surface area contributed by atoms with Gasteiger partial charge in [0, 0.05) is 46.8 Å². The fourth-order valence-electron chi connectivity index (χ4n) is 4.54. The summed E-state index contributed by atoms with van der Waals surface area (Å²) in [6.45, 7) is 1.68. The van der Waals surface area contributed by atoms with Gasteiger partial charge in [-0.25, -0.2) is 26.5 Å². The van der Waals surface area contributed by atoms with Gasteiger partial charge in [-0.1, -0.05) is 6.92 Å². The van der Waals surface area contributed by atoms with Crippen molar-refractivity contribution in [1.82, 2.24) is 18.8 Å². The van der Waals surface area contributed by atoms with Gasteiger partial charge in [-0.15, -0.1) is 0 Å². The van der Waals surface area contributed by atoms with Crippen LogP contribution in [0.2, 0.25) is 0 Å². The van der Waals surface area contributed by atoms with Crippen molar-refractivity contribution >= 4 is 27.0 Å². The Morgan fingerprint density at radius 3 is 2.62 bits per heavy atom. The summed E-state index contributed by atoms with van der Waals surface area (Å²) in [6.07, 6.45) is -5.42. The fraction of sp³-hybridized carbons (Fsp3) is 0.650. The number of aliphatic hydroxyl groups is 1. The van der Waals surface area contributed by atoms with Gasteiger partial charge in [0.25, 0.3) is 12.0 Å². The van der Waals surface area contributed by atoms with Crippen molar-refractivity contribution in [2.75, 3.05) is 24.6 Å². The summed E-state index contributed by atoms with van der Waals surface area (Å²) in [5.41, 5.74) is -1.98. The Bertz CT molecular complexity index is 1310. The third-order valence-electron chi connectivity index (χ3n) is 6.41. The molecule has 2 fully saturated rings. The molecule has 0 unspecified atom stereocenters. The second-order valence-corrected chi connectivity index (χ2v) is 9.83. The number of sulfonamides is 1. The smallest absolute Gasteiger partial charge is 0.269 e. The normalized spacial score (nSPS) is 28.2. The largest absolute Gasteiger partial charge is 0.393 e. The average Bonchev–Trinajstić information content (AvgIpc) is 3.10. The Labute approximate surface area is 190 Å². The summed E-state index contributed by atoms with van der Waals surface area (Å²) in [7, 11) is -4.43. The van der Waals surface area contributed by atoms with E-state index in [1.807, 2.05) is 0 Å². The zero-order chi connectivity index (χ0) is 26.6. The molecule has 2 aromatic rings. The van der Waals surface area contributed by atoms with Crippen LogP contribution in [0.15, 0.2) is 17.1 Å². The van der Waals surface area contributed by atoms with Crippen LogP contribution in [0.3, 0.4) is 0 Å². The number of pyridine rings is 1. The number of anilines is 1. The number of rotatable bonds is 5. The van der Waals surface area contributed by atoms with E-state index in [2.05, 4.69) is 15.3 Å². The number of aromatic nitrogens is 3. The number of hydrogen-bond donors (Lipinski definition) is 2. The number of piperidine rings is 1. The average molecular weight is 476 g/mol. The molecule has 2 aromatic heterocycles. The molecule has 1 aliphatic heterocycles. The summed E-state index contributed by atoms with van der Waals surface area (Å²) >= 11 is 0. The molecular weight excluding hydrogens is 444 g/mol. The van der Waals surface area contributed by atoms with Crippen molar-refractivity contribution in [1.29, 1.82) is 0 Å². The second kappa shape index (κ2) is 8.64. The topological polar surface area (TPSA) is 117 Å². The van der Waals surface area contributed by atoms with Crippen molar-refractivity contribution in [3.63, 3.8) is 0 Å². The molecule has 2 aliphatic rings. The monoisotopic (exact) mass is 475 g/mol. The predicted molar refractivity (Wildman–Crippen MR) is 115 cm³/mol. The van der Waals surface area contributed by atoms with E-state index in [0.717, 1.165) is 14.9 Å². The molecule has 2 N–H and O–H groups in total. The summed E-state index contributed by atoms with van der Waals surface area (Å²) in [6, 6.07) is 0.00206. The zero-order valence-corrected chi connectivity index (χ0v) is 18.1. The van der Waals surface area contributed by atoms with E-state index in [0.29, 0.717) is 12.8 Å². The first-order valence-corrected chi connectivity index (χ1v) is 11.8. The molecular formula is C20H27F2N5O4S. The van der Waals surface area contributed by atoms with E-state index >= 15 is 0 Å². The second-order valence-electron chi connectivity index (χ2n) is 8.36. The fourth-order valence-corrected chi connectivity index (χ4v) is 5.24. The molecule has 176 valence electrons. The van der Waals surface area contributed by atoms with Gasteiger partial charge in [0.05, 0.1) is 17.9 Å². The summed E-state index contributed by atoms with van der Waals surface area (Å²) in [5, 5.41) is 13.4. The van der Waals surface area contributed by atoms with E-state index in [9.17, 15) is 27.1 Å². The molecule has 9 nitrogen and oxygen atoms in total. The van der Waals surface area contributed by atoms with E-state index < -0.39 is 51.8 Å². The minimum Gasteiger partial charge on any atom is -0.393 e. The van der Waals surface area contributed by atoms with Gasteiger partial charge in [-0.2, -0.15) is 4.98 Å². The third kappa shape index (κ3) is 4.35. The highest BCUT2D eigenvalue weighted by atomic mass is 32.2. The molecule has 12 heteroatoms. The molecule has 32 heavy (non-hydrogen) atoms. The van der Waals surface area contributed by atoms with Crippen LogP contribution in [0.25, 0.3) is 11.0 Å². The highest BCUT2D eigenvalue weighted by Gasteiger charge is 2.35. The standard InChI is InChI=1S/C20H27F2N5O4S/c1-11-15(3-4-16(11)28)27-18-12(9-14(17(21)22)19(27)29)10-23-20(25-18)24-13-5-7-26(8-6-13)32(2,30)31/h9-11,13,15-17,28H,3-8H2,1-2H3,(H,23,24,25)/t11-,15+,16+/m1/s1/i2D3,17D. The predicted octanol–water partition coefficient (Wildman–Crippen LogP) is 1.90. The lowest BCUT2D eigenvalue weighted by molar-refractivity contribution is 0.127. The molecule has 0 bridgehead atoms. The van der Waals surface area contributed by atoms with Crippen molar-refractivity contribution in [3.8, 4) is 0 Å². The number of halogens is 2. The lowest BCUT2D eigenvalue weighted by Crippen LogP contribution is -2.42. The number of alkyl halides is 2. The number of hydrogen-bond acceptors (Lipinski definition) is 7. The van der Waals surface area contributed by atoms with Crippen LogP contribution in [0.5, 0.6) is 0 Å². The van der Waals surface area contributed by atoms with Gasteiger partial charge in [0.1, 0.15) is 7.02 Å². The van der Waals surface area contributed by atoms with E-state index in [4.69, 9.17) is 5.48 Å². The molecule has 3 atom stereocenters. The Balaban J connectivity index is 1.65. The molecule has 0 aromatic carbocycles. The molecule has 1 saturated carbocycles. The van der Waals surface area contributed by atoms with Crippen LogP contribution in [-0.2, 0) is 10.0 Å². The van der Waals surface area contributed by atoms with Crippen LogP contribution in [0.1, 0.15) is 56.1 Å². The van der Waals surface area contributed by atoms with E-state index in [1.54, 1.807) is 6.92 Å². The first-order chi connectivity index (χ1) is 16.6. The Kier molecular flexibility index (Phi) is 4.93. The van der Waals surface area contributed by atoms with Gasteiger partial charge >= 0.3 is 0 Å². The number of aliphatic hydroxyl groups excluding tert-OH is 1. The maximum absolute atomic E-state index is 13.9. The molecule has 0 amide bonds. The molecule has 0 radical (unpaired) electrons. The van der Waals surface area contributed by atoms with Gasteiger partial charge in [-0.05, 0) is 31.7 Å². The highest BCUT2D eigenvalue weighted by Crippen LogP contribution is 2.37. The first-order valence-electron chi connectivity index (χ1n) is 12.4. The Morgan fingerprint density at radius 1 is 1.31 bits per heavy atom. The first kappa shape index (κ1) is 18.3. The zero-order valence-electron chi connectivity index (χ0n) is 21.3. The third-order valence-corrected chi connectivity index (χ3v) is 7.45. The van der Waals surface area contributed by atoms with Crippen molar-refractivity contribution in [2.24, 2.45) is 5.92 Å². The maximum atomic E-state index is 13.9. The maximum Gasteiger partial charge on any atom is 0.269 e. The van der Waals surface area contributed by atoms with E-state index in [1.165, 1.54) is 6.20 Å². The molecule has 4 rings (SSSR count). The molecule has 0 spiro atoms. The van der Waals surface area contributed by atoms with Gasteiger partial charge in [0.15, 0.2) is 0 Å². The van der Waals surface area contributed by atoms with Crippen LogP contribution < -0.4 is 10.9 Å². The Morgan fingerprint density at radius 2 is 2.03 bits per heavy atom.